The van der Waals surface area contributed by atoms with E-state index in [0.717, 1.165) is 49.0 Å². The fraction of sp³-hybridized carbons (Fsp3) is 0.267. The van der Waals surface area contributed by atoms with Gasteiger partial charge in [-0.1, -0.05) is 0 Å². The molecule has 0 spiro atoms. The molecule has 4 heterocycles. The Balaban J connectivity index is 1.71. The average Bonchev–Trinajstić information content (AvgIpc) is 2.62. The van der Waals surface area contributed by atoms with Crippen molar-refractivity contribution in [2.45, 2.75) is 0 Å². The van der Waals surface area contributed by atoms with E-state index >= 15 is 0 Å². The Labute approximate surface area is 127 Å². The minimum absolute atomic E-state index is 0.641. The SMILES string of the molecule is c1cnc2ncc(-c3ccnc(N4CCNCC4)n3)nc2c1. The van der Waals surface area contributed by atoms with Crippen LogP contribution in [0.15, 0.2) is 36.8 Å². The van der Waals surface area contributed by atoms with Crippen LogP contribution in [-0.4, -0.2) is 51.1 Å². The molecule has 0 radical (unpaired) electrons. The highest BCUT2D eigenvalue weighted by molar-refractivity contribution is 5.72. The minimum Gasteiger partial charge on any atom is -0.338 e. The summed E-state index contributed by atoms with van der Waals surface area (Å²) < 4.78 is 0. The summed E-state index contributed by atoms with van der Waals surface area (Å²) in [5, 5.41) is 3.32. The third-order valence-electron chi connectivity index (χ3n) is 3.62. The maximum Gasteiger partial charge on any atom is 0.225 e. The van der Waals surface area contributed by atoms with Crippen LogP contribution < -0.4 is 10.2 Å². The number of pyridine rings is 1. The fourth-order valence-corrected chi connectivity index (χ4v) is 2.49. The molecule has 1 aliphatic heterocycles. The van der Waals surface area contributed by atoms with Gasteiger partial charge in [-0.3, -0.25) is 0 Å². The highest BCUT2D eigenvalue weighted by Crippen LogP contribution is 2.18. The first-order valence-corrected chi connectivity index (χ1v) is 7.27. The van der Waals surface area contributed by atoms with E-state index in [-0.39, 0.29) is 0 Å². The number of hydrogen-bond acceptors (Lipinski definition) is 7. The Hall–Kier alpha value is -2.67. The Morgan fingerprint density at radius 2 is 1.82 bits per heavy atom. The van der Waals surface area contributed by atoms with Crippen LogP contribution in [0.4, 0.5) is 5.95 Å². The summed E-state index contributed by atoms with van der Waals surface area (Å²) in [5.41, 5.74) is 2.92. The first kappa shape index (κ1) is 13.0. The molecule has 1 fully saturated rings. The quantitative estimate of drug-likeness (QED) is 0.751. The number of fused-ring (bicyclic) bond motifs is 1. The number of rotatable bonds is 2. The molecule has 3 aromatic heterocycles. The van der Waals surface area contributed by atoms with Crippen LogP contribution in [0.5, 0.6) is 0 Å². The van der Waals surface area contributed by atoms with Crippen molar-refractivity contribution in [1.82, 2.24) is 30.2 Å². The smallest absolute Gasteiger partial charge is 0.225 e. The molecule has 0 amide bonds. The first-order chi connectivity index (χ1) is 10.9. The molecular formula is C15H15N7. The number of aromatic nitrogens is 5. The summed E-state index contributed by atoms with van der Waals surface area (Å²) in [7, 11) is 0. The molecule has 0 aromatic carbocycles. The van der Waals surface area contributed by atoms with Crippen LogP contribution in [0, 0.1) is 0 Å². The van der Waals surface area contributed by atoms with Gasteiger partial charge in [0.2, 0.25) is 5.95 Å². The third kappa shape index (κ3) is 2.46. The lowest BCUT2D eigenvalue weighted by Gasteiger charge is -2.27. The number of anilines is 1. The molecule has 4 rings (SSSR count). The van der Waals surface area contributed by atoms with Gasteiger partial charge in [0.25, 0.3) is 0 Å². The summed E-state index contributed by atoms with van der Waals surface area (Å²) in [6, 6.07) is 5.61. The molecule has 7 nitrogen and oxygen atoms in total. The maximum absolute atomic E-state index is 4.64. The van der Waals surface area contributed by atoms with E-state index in [1.54, 1.807) is 18.6 Å². The molecule has 0 unspecified atom stereocenters. The van der Waals surface area contributed by atoms with E-state index in [2.05, 4.69) is 35.1 Å². The Morgan fingerprint density at radius 3 is 2.73 bits per heavy atom. The molecule has 0 atom stereocenters. The lowest BCUT2D eigenvalue weighted by atomic mass is 10.3. The average molecular weight is 293 g/mol. The van der Waals surface area contributed by atoms with Crippen molar-refractivity contribution in [2.75, 3.05) is 31.1 Å². The first-order valence-electron chi connectivity index (χ1n) is 7.27. The largest absolute Gasteiger partial charge is 0.338 e. The molecule has 22 heavy (non-hydrogen) atoms. The normalized spacial score (nSPS) is 15.2. The molecule has 1 saturated heterocycles. The summed E-state index contributed by atoms with van der Waals surface area (Å²) in [6.45, 7) is 3.73. The fourth-order valence-electron chi connectivity index (χ4n) is 2.49. The summed E-state index contributed by atoms with van der Waals surface area (Å²) in [6.07, 6.45) is 5.19. The van der Waals surface area contributed by atoms with Gasteiger partial charge in [-0.2, -0.15) is 0 Å². The Kier molecular flexibility index (Phi) is 3.32. The Morgan fingerprint density at radius 1 is 0.909 bits per heavy atom. The van der Waals surface area contributed by atoms with E-state index in [9.17, 15) is 0 Å². The number of nitrogens with zero attached hydrogens (tertiary/aromatic N) is 6. The van der Waals surface area contributed by atoms with Crippen LogP contribution in [-0.2, 0) is 0 Å². The van der Waals surface area contributed by atoms with Gasteiger partial charge in [0, 0.05) is 38.6 Å². The number of piperazine rings is 1. The zero-order valence-corrected chi connectivity index (χ0v) is 12.0. The van der Waals surface area contributed by atoms with Gasteiger partial charge in [-0.05, 0) is 18.2 Å². The van der Waals surface area contributed by atoms with Crippen LogP contribution in [0.3, 0.4) is 0 Å². The molecule has 1 aliphatic rings. The van der Waals surface area contributed by atoms with E-state index in [4.69, 9.17) is 0 Å². The number of nitrogens with one attached hydrogen (secondary N) is 1. The second kappa shape index (κ2) is 5.61. The monoisotopic (exact) mass is 293 g/mol. The molecule has 0 bridgehead atoms. The van der Waals surface area contributed by atoms with E-state index in [1.165, 1.54) is 0 Å². The van der Waals surface area contributed by atoms with Crippen molar-refractivity contribution >= 4 is 17.1 Å². The summed E-state index contributed by atoms with van der Waals surface area (Å²) in [5.74, 6) is 0.743. The molecule has 0 aliphatic carbocycles. The third-order valence-corrected chi connectivity index (χ3v) is 3.62. The van der Waals surface area contributed by atoms with Crippen molar-refractivity contribution in [3.05, 3.63) is 36.8 Å². The van der Waals surface area contributed by atoms with Crippen molar-refractivity contribution in [3.63, 3.8) is 0 Å². The van der Waals surface area contributed by atoms with Crippen molar-refractivity contribution in [2.24, 2.45) is 0 Å². The molecule has 110 valence electrons. The van der Waals surface area contributed by atoms with Crippen molar-refractivity contribution < 1.29 is 0 Å². The second-order valence-electron chi connectivity index (χ2n) is 5.08. The molecule has 0 saturated carbocycles. The van der Waals surface area contributed by atoms with Crippen LogP contribution in [0.1, 0.15) is 0 Å². The van der Waals surface area contributed by atoms with E-state index in [0.29, 0.717) is 5.65 Å². The van der Waals surface area contributed by atoms with Gasteiger partial charge < -0.3 is 10.2 Å². The van der Waals surface area contributed by atoms with Gasteiger partial charge in [-0.15, -0.1) is 0 Å². The highest BCUT2D eigenvalue weighted by Gasteiger charge is 2.14. The predicted octanol–water partition coefficient (Wildman–Crippen LogP) is 0.891. The van der Waals surface area contributed by atoms with Gasteiger partial charge >= 0.3 is 0 Å². The van der Waals surface area contributed by atoms with Crippen LogP contribution >= 0.6 is 0 Å². The van der Waals surface area contributed by atoms with Crippen molar-refractivity contribution in [1.29, 1.82) is 0 Å². The lowest BCUT2D eigenvalue weighted by molar-refractivity contribution is 0.580. The van der Waals surface area contributed by atoms with Gasteiger partial charge in [-0.25, -0.2) is 24.9 Å². The van der Waals surface area contributed by atoms with Crippen LogP contribution in [0.2, 0.25) is 0 Å². The molecular weight excluding hydrogens is 278 g/mol. The van der Waals surface area contributed by atoms with Gasteiger partial charge in [0.15, 0.2) is 5.65 Å². The van der Waals surface area contributed by atoms with E-state index < -0.39 is 0 Å². The number of hydrogen-bond donors (Lipinski definition) is 1. The minimum atomic E-state index is 0.641. The lowest BCUT2D eigenvalue weighted by Crippen LogP contribution is -2.44. The topological polar surface area (TPSA) is 79.7 Å². The highest BCUT2D eigenvalue weighted by atomic mass is 15.3. The Bertz CT molecular complexity index is 799. The zero-order chi connectivity index (χ0) is 14.8. The molecule has 7 heteroatoms. The van der Waals surface area contributed by atoms with Crippen LogP contribution in [0.25, 0.3) is 22.6 Å². The molecule has 1 N–H and O–H groups in total. The standard InChI is InChI=1S/C15H15N7/c1-2-12-14(17-4-1)19-10-13(20-12)11-3-5-18-15(21-11)22-8-6-16-7-9-22/h1-5,10,16H,6-9H2. The maximum atomic E-state index is 4.64. The molecule has 3 aromatic rings. The second-order valence-corrected chi connectivity index (χ2v) is 5.08. The predicted molar refractivity (Wildman–Crippen MR) is 83.4 cm³/mol. The zero-order valence-electron chi connectivity index (χ0n) is 12.0. The van der Waals surface area contributed by atoms with Crippen molar-refractivity contribution in [3.8, 4) is 11.4 Å². The van der Waals surface area contributed by atoms with Gasteiger partial charge in [0.05, 0.1) is 11.9 Å². The van der Waals surface area contributed by atoms with E-state index in [1.807, 2.05) is 18.2 Å². The van der Waals surface area contributed by atoms with Gasteiger partial charge in [0.1, 0.15) is 11.2 Å². The summed E-state index contributed by atoms with van der Waals surface area (Å²) >= 11 is 0. The summed E-state index contributed by atoms with van der Waals surface area (Å²) in [4.78, 5) is 24.3.